The normalized spacial score (nSPS) is 11.2. The van der Waals surface area contributed by atoms with Gasteiger partial charge in [0.05, 0.1) is 6.20 Å². The van der Waals surface area contributed by atoms with Gasteiger partial charge < -0.3 is 0 Å². The molecule has 0 saturated carbocycles. The van der Waals surface area contributed by atoms with Crippen molar-refractivity contribution < 1.29 is 0 Å². The predicted molar refractivity (Wildman–Crippen MR) is 94.2 cm³/mol. The van der Waals surface area contributed by atoms with E-state index in [-0.39, 0.29) is 0 Å². The lowest BCUT2D eigenvalue weighted by Crippen LogP contribution is -2.00. The summed E-state index contributed by atoms with van der Waals surface area (Å²) in [4.78, 5) is 8.43. The highest BCUT2D eigenvalue weighted by atomic mass is 15.2. The summed E-state index contributed by atoms with van der Waals surface area (Å²) in [6.07, 6.45) is 9.04. The van der Waals surface area contributed by atoms with E-state index in [2.05, 4.69) is 47.9 Å². The molecule has 124 valence electrons. The molecule has 0 amide bonds. The minimum Gasteiger partial charge on any atom is -0.237 e. The Hall–Kier alpha value is -2.76. The second kappa shape index (κ2) is 6.78. The van der Waals surface area contributed by atoms with Gasteiger partial charge in [0.1, 0.15) is 0 Å². The van der Waals surface area contributed by atoms with Crippen LogP contribution in [0.25, 0.3) is 11.3 Å². The Morgan fingerprint density at radius 1 is 0.792 bits per heavy atom. The summed E-state index contributed by atoms with van der Waals surface area (Å²) in [7, 11) is 0. The van der Waals surface area contributed by atoms with E-state index < -0.39 is 0 Å². The number of aromatic nitrogens is 6. The van der Waals surface area contributed by atoms with Crippen molar-refractivity contribution in [3.05, 3.63) is 60.4 Å². The summed E-state index contributed by atoms with van der Waals surface area (Å²) in [5.74, 6) is 0.980. The maximum absolute atomic E-state index is 4.24. The molecule has 4 aromatic heterocycles. The molecule has 4 heterocycles. The van der Waals surface area contributed by atoms with Crippen LogP contribution in [0.2, 0.25) is 0 Å². The topological polar surface area (TPSA) is 60.4 Å². The lowest BCUT2D eigenvalue weighted by atomic mass is 10.1. The molecule has 0 spiro atoms. The van der Waals surface area contributed by atoms with E-state index >= 15 is 0 Å². The Balaban J connectivity index is 0.000000141. The van der Waals surface area contributed by atoms with E-state index in [9.17, 15) is 0 Å². The van der Waals surface area contributed by atoms with Gasteiger partial charge in [-0.25, -0.2) is 19.0 Å². The first-order chi connectivity index (χ1) is 11.6. The lowest BCUT2D eigenvalue weighted by molar-refractivity contribution is 0.749. The van der Waals surface area contributed by atoms with Gasteiger partial charge in [0.25, 0.3) is 0 Å². The Morgan fingerprint density at radius 3 is 2.33 bits per heavy atom. The molecule has 0 atom stereocenters. The first-order valence-corrected chi connectivity index (χ1v) is 8.15. The molecule has 0 aliphatic heterocycles. The molecular formula is C18H22N6. The van der Waals surface area contributed by atoms with Gasteiger partial charge in [0.15, 0.2) is 11.3 Å². The van der Waals surface area contributed by atoms with E-state index in [1.54, 1.807) is 16.9 Å². The molecule has 0 unspecified atom stereocenters. The van der Waals surface area contributed by atoms with E-state index in [1.807, 2.05) is 41.3 Å². The molecule has 4 aromatic rings. The van der Waals surface area contributed by atoms with Crippen LogP contribution in [-0.2, 0) is 0 Å². The van der Waals surface area contributed by atoms with E-state index in [1.165, 1.54) is 11.3 Å². The molecular weight excluding hydrogens is 300 g/mol. The molecule has 4 rings (SSSR count). The van der Waals surface area contributed by atoms with Gasteiger partial charge in [0.2, 0.25) is 0 Å². The van der Waals surface area contributed by atoms with Crippen LogP contribution in [0.1, 0.15) is 50.8 Å². The molecule has 6 nitrogen and oxygen atoms in total. The van der Waals surface area contributed by atoms with Crippen molar-refractivity contribution in [1.29, 1.82) is 0 Å². The highest BCUT2D eigenvalue weighted by Gasteiger charge is 2.06. The van der Waals surface area contributed by atoms with Crippen LogP contribution in [0.3, 0.4) is 0 Å². The van der Waals surface area contributed by atoms with Crippen LogP contribution in [0.15, 0.2) is 49.2 Å². The van der Waals surface area contributed by atoms with Crippen molar-refractivity contribution in [2.45, 2.75) is 39.5 Å². The smallest absolute Gasteiger partial charge is 0.156 e. The maximum Gasteiger partial charge on any atom is 0.156 e. The zero-order chi connectivity index (χ0) is 17.1. The average molecular weight is 322 g/mol. The zero-order valence-electron chi connectivity index (χ0n) is 14.5. The zero-order valence-corrected chi connectivity index (χ0v) is 14.5. The Kier molecular flexibility index (Phi) is 4.55. The van der Waals surface area contributed by atoms with Gasteiger partial charge in [-0.3, -0.25) is 0 Å². The summed E-state index contributed by atoms with van der Waals surface area (Å²) >= 11 is 0. The van der Waals surface area contributed by atoms with Crippen molar-refractivity contribution in [3.8, 4) is 0 Å². The first kappa shape index (κ1) is 16.1. The summed E-state index contributed by atoms with van der Waals surface area (Å²) in [5.41, 5.74) is 4.33. The van der Waals surface area contributed by atoms with E-state index in [0.29, 0.717) is 11.8 Å². The predicted octanol–water partition coefficient (Wildman–Crippen LogP) is 3.71. The van der Waals surface area contributed by atoms with Crippen LogP contribution in [0, 0.1) is 0 Å². The molecule has 6 heteroatoms. The number of hydrogen-bond donors (Lipinski definition) is 0. The van der Waals surface area contributed by atoms with Crippen molar-refractivity contribution in [2.75, 3.05) is 0 Å². The Labute approximate surface area is 141 Å². The largest absolute Gasteiger partial charge is 0.237 e. The minimum atomic E-state index is 0.482. The van der Waals surface area contributed by atoms with Gasteiger partial charge in [-0.2, -0.15) is 10.2 Å². The fraction of sp³-hybridized carbons (Fsp3) is 0.333. The average Bonchev–Trinajstić information content (AvgIpc) is 3.23. The van der Waals surface area contributed by atoms with Crippen LogP contribution in [0.5, 0.6) is 0 Å². The van der Waals surface area contributed by atoms with Gasteiger partial charge in [-0.15, -0.1) is 0 Å². The van der Waals surface area contributed by atoms with E-state index in [4.69, 9.17) is 0 Å². The number of nitrogens with zero attached hydrogens (tertiary/aromatic N) is 6. The molecule has 0 N–H and O–H groups in total. The Morgan fingerprint density at radius 2 is 1.58 bits per heavy atom. The maximum atomic E-state index is 4.24. The van der Waals surface area contributed by atoms with Gasteiger partial charge in [-0.1, -0.05) is 27.7 Å². The summed E-state index contributed by atoms with van der Waals surface area (Å²) < 4.78 is 3.68. The molecule has 0 fully saturated rings. The quantitative estimate of drug-likeness (QED) is 0.564. The van der Waals surface area contributed by atoms with Crippen LogP contribution < -0.4 is 0 Å². The fourth-order valence-electron chi connectivity index (χ4n) is 2.60. The molecule has 0 saturated heterocycles. The third-order valence-electron chi connectivity index (χ3n) is 3.86. The minimum absolute atomic E-state index is 0.482. The summed E-state index contributed by atoms with van der Waals surface area (Å²) in [6, 6.07) is 5.93. The second-order valence-electron chi connectivity index (χ2n) is 6.26. The highest BCUT2D eigenvalue weighted by molar-refractivity contribution is 5.47. The van der Waals surface area contributed by atoms with Crippen molar-refractivity contribution in [2.24, 2.45) is 0 Å². The fourth-order valence-corrected chi connectivity index (χ4v) is 2.60. The van der Waals surface area contributed by atoms with Crippen LogP contribution >= 0.6 is 0 Å². The third kappa shape index (κ3) is 3.13. The van der Waals surface area contributed by atoms with Crippen LogP contribution in [0.4, 0.5) is 0 Å². The van der Waals surface area contributed by atoms with Crippen molar-refractivity contribution in [1.82, 2.24) is 29.2 Å². The first-order valence-electron chi connectivity index (χ1n) is 8.15. The second-order valence-corrected chi connectivity index (χ2v) is 6.26. The lowest BCUT2D eigenvalue weighted by Gasteiger charge is -2.06. The number of fused-ring (bicyclic) bond motifs is 2. The van der Waals surface area contributed by atoms with E-state index in [0.717, 1.165) is 11.3 Å². The monoisotopic (exact) mass is 322 g/mol. The molecule has 0 aliphatic carbocycles. The molecule has 0 radical (unpaired) electrons. The number of rotatable bonds is 2. The molecule has 24 heavy (non-hydrogen) atoms. The van der Waals surface area contributed by atoms with Gasteiger partial charge >= 0.3 is 0 Å². The molecule has 0 aromatic carbocycles. The van der Waals surface area contributed by atoms with Crippen LogP contribution in [-0.4, -0.2) is 29.2 Å². The van der Waals surface area contributed by atoms with Gasteiger partial charge in [0, 0.05) is 42.1 Å². The number of imidazole rings is 1. The number of hydrogen-bond acceptors (Lipinski definition) is 4. The standard InChI is InChI=1S/2C9H11N3/c1-7(2)8-3-5-10-9-4-6-11-12(8)9;1-7(2)8-3-4-11-12-6-5-10-9(8)12/h2*3-7H,1-2H3. The molecule has 0 bridgehead atoms. The van der Waals surface area contributed by atoms with Crippen molar-refractivity contribution >= 4 is 11.3 Å². The van der Waals surface area contributed by atoms with Crippen molar-refractivity contribution in [3.63, 3.8) is 0 Å². The summed E-state index contributed by atoms with van der Waals surface area (Å²) in [6.45, 7) is 8.61. The highest BCUT2D eigenvalue weighted by Crippen LogP contribution is 2.17. The summed E-state index contributed by atoms with van der Waals surface area (Å²) in [5, 5.41) is 8.33. The SMILES string of the molecule is CC(C)c1ccnc2ccnn12.CC(C)c1ccnn2ccnc12. The van der Waals surface area contributed by atoms with Gasteiger partial charge in [-0.05, 0) is 24.0 Å². The Bertz CT molecular complexity index is 857. The molecule has 0 aliphatic rings. The third-order valence-corrected chi connectivity index (χ3v) is 3.86.